The number of amides is 2. The van der Waals surface area contributed by atoms with Crippen LogP contribution in [0.3, 0.4) is 0 Å². The molecule has 0 fully saturated rings. The van der Waals surface area contributed by atoms with Crippen LogP contribution in [0.5, 0.6) is 0 Å². The predicted octanol–water partition coefficient (Wildman–Crippen LogP) is 0.873. The van der Waals surface area contributed by atoms with E-state index in [4.69, 9.17) is 4.84 Å². The van der Waals surface area contributed by atoms with Crippen LogP contribution in [0.25, 0.3) is 0 Å². The van der Waals surface area contributed by atoms with Gasteiger partial charge in [0.1, 0.15) is 0 Å². The number of urea groups is 1. The SMILES string of the molecule is CNCCONC(=O)NCCCC(C)C. The number of hydrogen-bond donors (Lipinski definition) is 3. The predicted molar refractivity (Wildman–Crippen MR) is 60.5 cm³/mol. The first-order chi connectivity index (χ1) is 7.16. The van der Waals surface area contributed by atoms with E-state index in [0.717, 1.165) is 12.8 Å². The Labute approximate surface area is 91.9 Å². The summed E-state index contributed by atoms with van der Waals surface area (Å²) in [5.74, 6) is 0.682. The highest BCUT2D eigenvalue weighted by molar-refractivity contribution is 5.72. The quantitative estimate of drug-likeness (QED) is 0.417. The van der Waals surface area contributed by atoms with E-state index < -0.39 is 0 Å². The fourth-order valence-corrected chi connectivity index (χ4v) is 1.02. The Morgan fingerprint density at radius 1 is 1.33 bits per heavy atom. The highest BCUT2D eigenvalue weighted by Crippen LogP contribution is 2.01. The Bertz CT molecular complexity index is 163. The Kier molecular flexibility index (Phi) is 9.21. The van der Waals surface area contributed by atoms with Gasteiger partial charge in [0.25, 0.3) is 0 Å². The lowest BCUT2D eigenvalue weighted by atomic mass is 10.1. The van der Waals surface area contributed by atoms with Crippen molar-refractivity contribution in [3.05, 3.63) is 0 Å². The van der Waals surface area contributed by atoms with Gasteiger partial charge < -0.3 is 10.6 Å². The van der Waals surface area contributed by atoms with E-state index in [1.54, 1.807) is 0 Å². The average molecular weight is 217 g/mol. The molecule has 90 valence electrons. The molecule has 0 aliphatic rings. The molecule has 0 heterocycles. The number of carbonyl (C=O) groups excluding carboxylic acids is 1. The van der Waals surface area contributed by atoms with Gasteiger partial charge in [-0.05, 0) is 25.8 Å². The first-order valence-electron chi connectivity index (χ1n) is 5.47. The molecule has 2 amide bonds. The van der Waals surface area contributed by atoms with Crippen molar-refractivity contribution in [2.45, 2.75) is 26.7 Å². The summed E-state index contributed by atoms with van der Waals surface area (Å²) in [5.41, 5.74) is 2.32. The Balaban J connectivity index is 3.19. The third-order valence-electron chi connectivity index (χ3n) is 1.86. The van der Waals surface area contributed by atoms with Gasteiger partial charge in [-0.3, -0.25) is 4.84 Å². The molecule has 0 unspecified atom stereocenters. The summed E-state index contributed by atoms with van der Waals surface area (Å²) in [6.07, 6.45) is 2.13. The number of likely N-dealkylation sites (N-methyl/N-ethyl adjacent to an activating group) is 1. The molecule has 5 nitrogen and oxygen atoms in total. The molecule has 0 saturated heterocycles. The molecule has 0 saturated carbocycles. The maximum Gasteiger partial charge on any atom is 0.338 e. The van der Waals surface area contributed by atoms with Gasteiger partial charge >= 0.3 is 6.03 Å². The van der Waals surface area contributed by atoms with Crippen LogP contribution in [0.4, 0.5) is 4.79 Å². The summed E-state index contributed by atoms with van der Waals surface area (Å²) < 4.78 is 0. The minimum absolute atomic E-state index is 0.269. The number of carbonyl (C=O) groups is 1. The van der Waals surface area contributed by atoms with E-state index in [2.05, 4.69) is 30.0 Å². The number of nitrogens with one attached hydrogen (secondary N) is 3. The van der Waals surface area contributed by atoms with Crippen LogP contribution in [0, 0.1) is 5.92 Å². The van der Waals surface area contributed by atoms with Gasteiger partial charge in [0.2, 0.25) is 0 Å². The fourth-order valence-electron chi connectivity index (χ4n) is 1.02. The Hall–Kier alpha value is -0.810. The highest BCUT2D eigenvalue weighted by Gasteiger charge is 1.99. The molecule has 0 bridgehead atoms. The summed E-state index contributed by atoms with van der Waals surface area (Å²) in [4.78, 5) is 16.0. The lowest BCUT2D eigenvalue weighted by Crippen LogP contribution is -2.37. The van der Waals surface area contributed by atoms with Crippen LogP contribution in [-0.4, -0.2) is 32.8 Å². The maximum atomic E-state index is 11.1. The molecule has 0 aliphatic carbocycles. The van der Waals surface area contributed by atoms with Gasteiger partial charge in [-0.1, -0.05) is 13.8 Å². The maximum absolute atomic E-state index is 11.1. The summed E-state index contributed by atoms with van der Waals surface area (Å²) in [5, 5.41) is 5.63. The molecular weight excluding hydrogens is 194 g/mol. The molecule has 0 aromatic carbocycles. The van der Waals surface area contributed by atoms with Crippen LogP contribution < -0.4 is 16.1 Å². The second-order valence-corrected chi connectivity index (χ2v) is 3.85. The second-order valence-electron chi connectivity index (χ2n) is 3.85. The minimum Gasteiger partial charge on any atom is -0.336 e. The molecule has 3 N–H and O–H groups in total. The van der Waals surface area contributed by atoms with Gasteiger partial charge in [-0.25, -0.2) is 10.3 Å². The zero-order chi connectivity index (χ0) is 11.5. The summed E-state index contributed by atoms with van der Waals surface area (Å²) in [7, 11) is 1.83. The summed E-state index contributed by atoms with van der Waals surface area (Å²) in [6, 6.07) is -0.269. The average Bonchev–Trinajstić information content (AvgIpc) is 2.19. The largest absolute Gasteiger partial charge is 0.338 e. The third-order valence-corrected chi connectivity index (χ3v) is 1.86. The van der Waals surface area contributed by atoms with Gasteiger partial charge in [-0.2, -0.15) is 0 Å². The molecule has 5 heteroatoms. The second kappa shape index (κ2) is 9.73. The van der Waals surface area contributed by atoms with Gasteiger partial charge in [0.15, 0.2) is 0 Å². The van der Waals surface area contributed by atoms with Gasteiger partial charge in [-0.15, -0.1) is 0 Å². The lowest BCUT2D eigenvalue weighted by Gasteiger charge is -2.08. The standard InChI is InChI=1S/C10H23N3O2/c1-9(2)5-4-6-12-10(14)13-15-8-7-11-3/h9,11H,4-8H2,1-3H3,(H2,12,13,14). The molecule has 0 aromatic heterocycles. The summed E-state index contributed by atoms with van der Waals surface area (Å²) in [6.45, 7) is 6.21. The number of hydroxylamine groups is 1. The minimum atomic E-state index is -0.269. The van der Waals surface area contributed by atoms with E-state index in [0.29, 0.717) is 25.6 Å². The van der Waals surface area contributed by atoms with E-state index in [-0.39, 0.29) is 6.03 Å². The van der Waals surface area contributed by atoms with Crippen molar-refractivity contribution in [3.63, 3.8) is 0 Å². The van der Waals surface area contributed by atoms with Crippen LogP contribution in [-0.2, 0) is 4.84 Å². The fraction of sp³-hybridized carbons (Fsp3) is 0.900. The zero-order valence-electron chi connectivity index (χ0n) is 9.93. The summed E-state index contributed by atoms with van der Waals surface area (Å²) >= 11 is 0. The molecule has 0 atom stereocenters. The topological polar surface area (TPSA) is 62.4 Å². The Morgan fingerprint density at radius 3 is 2.67 bits per heavy atom. The van der Waals surface area contributed by atoms with Gasteiger partial charge in [0.05, 0.1) is 6.61 Å². The van der Waals surface area contributed by atoms with E-state index in [1.807, 2.05) is 7.05 Å². The number of rotatable bonds is 8. The molecular formula is C10H23N3O2. The van der Waals surface area contributed by atoms with Gasteiger partial charge in [0, 0.05) is 13.1 Å². The molecule has 0 aromatic rings. The highest BCUT2D eigenvalue weighted by atomic mass is 16.7. The smallest absolute Gasteiger partial charge is 0.336 e. The normalized spacial score (nSPS) is 10.4. The van der Waals surface area contributed by atoms with E-state index in [9.17, 15) is 4.79 Å². The van der Waals surface area contributed by atoms with Crippen molar-refractivity contribution in [1.29, 1.82) is 0 Å². The van der Waals surface area contributed by atoms with E-state index in [1.165, 1.54) is 0 Å². The molecule has 0 spiro atoms. The first kappa shape index (κ1) is 14.2. The van der Waals surface area contributed by atoms with Crippen LogP contribution in [0.2, 0.25) is 0 Å². The molecule has 0 aliphatic heterocycles. The Morgan fingerprint density at radius 2 is 2.07 bits per heavy atom. The van der Waals surface area contributed by atoms with Crippen molar-refractivity contribution in [2.75, 3.05) is 26.7 Å². The zero-order valence-corrected chi connectivity index (χ0v) is 9.93. The molecule has 0 radical (unpaired) electrons. The monoisotopic (exact) mass is 217 g/mol. The van der Waals surface area contributed by atoms with Crippen LogP contribution in [0.1, 0.15) is 26.7 Å². The first-order valence-corrected chi connectivity index (χ1v) is 5.47. The number of hydrogen-bond acceptors (Lipinski definition) is 3. The van der Waals surface area contributed by atoms with Crippen molar-refractivity contribution in [1.82, 2.24) is 16.1 Å². The van der Waals surface area contributed by atoms with Crippen molar-refractivity contribution in [3.8, 4) is 0 Å². The third kappa shape index (κ3) is 11.1. The van der Waals surface area contributed by atoms with Crippen LogP contribution >= 0.6 is 0 Å². The van der Waals surface area contributed by atoms with E-state index >= 15 is 0 Å². The van der Waals surface area contributed by atoms with Crippen molar-refractivity contribution in [2.24, 2.45) is 5.92 Å². The van der Waals surface area contributed by atoms with Crippen LogP contribution in [0.15, 0.2) is 0 Å². The molecule has 0 rings (SSSR count). The van der Waals surface area contributed by atoms with Crippen molar-refractivity contribution < 1.29 is 9.63 Å². The van der Waals surface area contributed by atoms with Crippen molar-refractivity contribution >= 4 is 6.03 Å². The lowest BCUT2D eigenvalue weighted by molar-refractivity contribution is 0.0638. The molecule has 15 heavy (non-hydrogen) atoms.